The first-order valence-electron chi connectivity index (χ1n) is 9.27. The number of carbonyl (C=O) groups is 1. The molecular formula is C20H23N5O2. The van der Waals surface area contributed by atoms with E-state index in [0.717, 1.165) is 49.5 Å². The summed E-state index contributed by atoms with van der Waals surface area (Å²) >= 11 is 0. The molecule has 140 valence electrons. The van der Waals surface area contributed by atoms with Gasteiger partial charge in [0.25, 0.3) is 5.91 Å². The van der Waals surface area contributed by atoms with Gasteiger partial charge in [-0.2, -0.15) is 15.4 Å². The number of nitrogens with one attached hydrogen (secondary N) is 1. The number of ether oxygens (including phenoxy) is 1. The monoisotopic (exact) mass is 365 g/mol. The highest BCUT2D eigenvalue weighted by atomic mass is 16.5. The number of hydrogen-bond acceptors (Lipinski definition) is 5. The molecule has 0 aliphatic carbocycles. The molecule has 27 heavy (non-hydrogen) atoms. The minimum absolute atomic E-state index is 0.0561. The van der Waals surface area contributed by atoms with Gasteiger partial charge in [0.2, 0.25) is 0 Å². The van der Waals surface area contributed by atoms with Crippen LogP contribution in [0.4, 0.5) is 0 Å². The molecule has 0 spiro atoms. The highest BCUT2D eigenvalue weighted by molar-refractivity contribution is 5.97. The molecule has 3 aromatic rings. The van der Waals surface area contributed by atoms with Gasteiger partial charge in [-0.15, -0.1) is 0 Å². The maximum atomic E-state index is 12.8. The Morgan fingerprint density at radius 2 is 1.78 bits per heavy atom. The Labute approximate surface area is 157 Å². The zero-order valence-electron chi connectivity index (χ0n) is 15.4. The van der Waals surface area contributed by atoms with Gasteiger partial charge in [0.15, 0.2) is 0 Å². The molecule has 1 aliphatic rings. The molecule has 1 fully saturated rings. The molecule has 1 saturated heterocycles. The number of amides is 1. The molecular weight excluding hydrogens is 342 g/mol. The van der Waals surface area contributed by atoms with Crippen LogP contribution in [0.3, 0.4) is 0 Å². The molecule has 7 heteroatoms. The topological polar surface area (TPSA) is 74.3 Å². The Hall–Kier alpha value is -2.93. The maximum Gasteiger partial charge on any atom is 0.254 e. The SMILES string of the molecule is CCOc1ccc(CN2CCN(C(=O)c3ccc4n[nH]nc4c3)CC2)cc1. The fourth-order valence-corrected chi connectivity index (χ4v) is 3.38. The molecule has 1 amide bonds. The van der Waals surface area contributed by atoms with Crippen LogP contribution in [-0.2, 0) is 6.54 Å². The van der Waals surface area contributed by atoms with Crippen LogP contribution in [0.1, 0.15) is 22.8 Å². The summed E-state index contributed by atoms with van der Waals surface area (Å²) in [6.45, 7) is 6.74. The zero-order valence-corrected chi connectivity index (χ0v) is 15.4. The van der Waals surface area contributed by atoms with E-state index in [1.54, 1.807) is 6.07 Å². The van der Waals surface area contributed by atoms with Crippen molar-refractivity contribution in [3.05, 3.63) is 53.6 Å². The van der Waals surface area contributed by atoms with Crippen molar-refractivity contribution in [2.24, 2.45) is 0 Å². The predicted molar refractivity (Wildman–Crippen MR) is 103 cm³/mol. The lowest BCUT2D eigenvalue weighted by Gasteiger charge is -2.34. The van der Waals surface area contributed by atoms with E-state index in [2.05, 4.69) is 32.4 Å². The second-order valence-corrected chi connectivity index (χ2v) is 6.67. The van der Waals surface area contributed by atoms with E-state index < -0.39 is 0 Å². The number of benzene rings is 2. The van der Waals surface area contributed by atoms with Crippen LogP contribution >= 0.6 is 0 Å². The minimum Gasteiger partial charge on any atom is -0.494 e. The summed E-state index contributed by atoms with van der Waals surface area (Å²) in [5, 5.41) is 10.7. The summed E-state index contributed by atoms with van der Waals surface area (Å²) in [6, 6.07) is 13.7. The van der Waals surface area contributed by atoms with E-state index in [-0.39, 0.29) is 5.91 Å². The number of carbonyl (C=O) groups excluding carboxylic acids is 1. The molecule has 1 aliphatic heterocycles. The Morgan fingerprint density at radius 3 is 2.52 bits per heavy atom. The minimum atomic E-state index is 0.0561. The standard InChI is InChI=1S/C20H23N5O2/c1-2-27-17-6-3-15(4-7-17)14-24-9-11-25(12-10-24)20(26)16-5-8-18-19(13-16)22-23-21-18/h3-8,13H,2,9-12,14H2,1H3,(H,21,22,23). The zero-order chi connectivity index (χ0) is 18.6. The summed E-state index contributed by atoms with van der Waals surface area (Å²) in [6.07, 6.45) is 0. The summed E-state index contributed by atoms with van der Waals surface area (Å²) in [5.41, 5.74) is 3.41. The van der Waals surface area contributed by atoms with Gasteiger partial charge in [-0.05, 0) is 42.8 Å². The van der Waals surface area contributed by atoms with E-state index in [9.17, 15) is 4.79 Å². The van der Waals surface area contributed by atoms with Crippen LogP contribution in [0.15, 0.2) is 42.5 Å². The smallest absolute Gasteiger partial charge is 0.254 e. The Morgan fingerprint density at radius 1 is 1.04 bits per heavy atom. The van der Waals surface area contributed by atoms with Crippen LogP contribution in [0, 0.1) is 0 Å². The van der Waals surface area contributed by atoms with Crippen molar-refractivity contribution in [2.45, 2.75) is 13.5 Å². The number of aromatic nitrogens is 3. The molecule has 2 heterocycles. The molecule has 0 atom stereocenters. The van der Waals surface area contributed by atoms with Gasteiger partial charge in [-0.1, -0.05) is 12.1 Å². The first-order chi connectivity index (χ1) is 13.2. The Balaban J connectivity index is 1.33. The average Bonchev–Trinajstić information content (AvgIpc) is 3.17. The first kappa shape index (κ1) is 17.5. The van der Waals surface area contributed by atoms with Crippen LogP contribution in [-0.4, -0.2) is 63.9 Å². The third kappa shape index (κ3) is 3.93. The van der Waals surface area contributed by atoms with Gasteiger partial charge in [0, 0.05) is 38.3 Å². The number of hydrogen-bond donors (Lipinski definition) is 1. The van der Waals surface area contributed by atoms with Crippen molar-refractivity contribution >= 4 is 16.9 Å². The van der Waals surface area contributed by atoms with Crippen molar-refractivity contribution in [1.29, 1.82) is 0 Å². The van der Waals surface area contributed by atoms with Crippen molar-refractivity contribution in [2.75, 3.05) is 32.8 Å². The first-order valence-corrected chi connectivity index (χ1v) is 9.27. The van der Waals surface area contributed by atoms with Crippen LogP contribution in [0.5, 0.6) is 5.75 Å². The lowest BCUT2D eigenvalue weighted by atomic mass is 10.1. The molecule has 7 nitrogen and oxygen atoms in total. The normalized spacial score (nSPS) is 15.2. The fourth-order valence-electron chi connectivity index (χ4n) is 3.38. The largest absolute Gasteiger partial charge is 0.494 e. The third-order valence-electron chi connectivity index (χ3n) is 4.86. The lowest BCUT2D eigenvalue weighted by Crippen LogP contribution is -2.48. The van der Waals surface area contributed by atoms with Crippen LogP contribution in [0.25, 0.3) is 11.0 Å². The number of nitrogens with zero attached hydrogens (tertiary/aromatic N) is 4. The van der Waals surface area contributed by atoms with Gasteiger partial charge in [-0.25, -0.2) is 0 Å². The van der Waals surface area contributed by atoms with Crippen molar-refractivity contribution in [3.63, 3.8) is 0 Å². The van der Waals surface area contributed by atoms with Crippen LogP contribution in [0.2, 0.25) is 0 Å². The summed E-state index contributed by atoms with van der Waals surface area (Å²) < 4.78 is 5.49. The molecule has 0 saturated carbocycles. The van der Waals surface area contributed by atoms with Gasteiger partial charge >= 0.3 is 0 Å². The highest BCUT2D eigenvalue weighted by Crippen LogP contribution is 2.17. The van der Waals surface area contributed by atoms with E-state index in [1.807, 2.05) is 36.1 Å². The average molecular weight is 365 g/mol. The highest BCUT2D eigenvalue weighted by Gasteiger charge is 2.22. The third-order valence-corrected chi connectivity index (χ3v) is 4.86. The van der Waals surface area contributed by atoms with E-state index >= 15 is 0 Å². The second kappa shape index (κ2) is 7.75. The number of rotatable bonds is 5. The van der Waals surface area contributed by atoms with Gasteiger partial charge in [-0.3, -0.25) is 9.69 Å². The fraction of sp³-hybridized carbons (Fsp3) is 0.350. The summed E-state index contributed by atoms with van der Waals surface area (Å²) in [7, 11) is 0. The number of fused-ring (bicyclic) bond motifs is 1. The molecule has 4 rings (SSSR count). The molecule has 0 unspecified atom stereocenters. The Kier molecular flexibility index (Phi) is 5.02. The van der Waals surface area contributed by atoms with Crippen LogP contribution < -0.4 is 4.74 Å². The summed E-state index contributed by atoms with van der Waals surface area (Å²) in [5.74, 6) is 0.960. The van der Waals surface area contributed by atoms with Crippen molar-refractivity contribution in [3.8, 4) is 5.75 Å². The van der Waals surface area contributed by atoms with E-state index in [1.165, 1.54) is 5.56 Å². The molecule has 2 aromatic carbocycles. The van der Waals surface area contributed by atoms with Crippen molar-refractivity contribution in [1.82, 2.24) is 25.2 Å². The molecule has 1 N–H and O–H groups in total. The number of H-pyrrole nitrogens is 1. The Bertz CT molecular complexity index is 914. The van der Waals surface area contributed by atoms with E-state index in [0.29, 0.717) is 12.2 Å². The van der Waals surface area contributed by atoms with Gasteiger partial charge in [0.1, 0.15) is 16.8 Å². The lowest BCUT2D eigenvalue weighted by molar-refractivity contribution is 0.0628. The van der Waals surface area contributed by atoms with Gasteiger partial charge < -0.3 is 9.64 Å². The van der Waals surface area contributed by atoms with Crippen molar-refractivity contribution < 1.29 is 9.53 Å². The number of aromatic amines is 1. The van der Waals surface area contributed by atoms with E-state index in [4.69, 9.17) is 4.74 Å². The summed E-state index contributed by atoms with van der Waals surface area (Å²) in [4.78, 5) is 17.1. The molecule has 1 aromatic heterocycles. The van der Waals surface area contributed by atoms with Gasteiger partial charge in [0.05, 0.1) is 6.61 Å². The second-order valence-electron chi connectivity index (χ2n) is 6.67. The molecule has 0 radical (unpaired) electrons. The maximum absolute atomic E-state index is 12.8. The quantitative estimate of drug-likeness (QED) is 0.751. The molecule has 0 bridgehead atoms. The predicted octanol–water partition coefficient (Wildman–Crippen LogP) is 2.31. The number of piperazine rings is 1.